The minimum Gasteiger partial charge on any atom is -0.478 e. The van der Waals surface area contributed by atoms with Crippen LogP contribution in [0.15, 0.2) is 72.8 Å². The van der Waals surface area contributed by atoms with E-state index in [9.17, 15) is 23.6 Å². The second kappa shape index (κ2) is 19.6. The fraction of sp³-hybridized carbons (Fsp3) is 0.366. The predicted molar refractivity (Wildman–Crippen MR) is 216 cm³/mol. The molecule has 0 spiro atoms. The van der Waals surface area contributed by atoms with Gasteiger partial charge in [0.2, 0.25) is 5.91 Å². The van der Waals surface area contributed by atoms with Crippen molar-refractivity contribution in [3.8, 4) is 0 Å². The Hall–Kier alpha value is -4.91. The number of benzene rings is 3. The van der Waals surface area contributed by atoms with Crippen molar-refractivity contribution in [2.24, 2.45) is 0 Å². The highest BCUT2D eigenvalue weighted by atomic mass is 35.5. The van der Waals surface area contributed by atoms with Crippen molar-refractivity contribution in [1.29, 1.82) is 0 Å². The Balaban J connectivity index is 0.000000345. The average molecular weight is 800 g/mol. The molecule has 1 aliphatic heterocycles. The molecule has 0 aromatic heterocycles. The predicted octanol–water partition coefficient (Wildman–Crippen LogP) is 9.75. The molecule has 1 aliphatic rings. The number of rotatable bonds is 8. The molecule has 0 bridgehead atoms. The van der Waals surface area contributed by atoms with Crippen molar-refractivity contribution in [2.75, 3.05) is 23.7 Å². The molecule has 55 heavy (non-hydrogen) atoms. The zero-order chi connectivity index (χ0) is 41.1. The van der Waals surface area contributed by atoms with Crippen LogP contribution in [0.4, 0.5) is 25.4 Å². The second-order valence-electron chi connectivity index (χ2n) is 15.0. The summed E-state index contributed by atoms with van der Waals surface area (Å²) in [5, 5.41) is 14.8. The molecule has 0 saturated carbocycles. The third-order valence-electron chi connectivity index (χ3n) is 7.81. The van der Waals surface area contributed by atoms with E-state index in [1.54, 1.807) is 90.1 Å². The van der Waals surface area contributed by atoms with Gasteiger partial charge in [0.05, 0.1) is 11.4 Å². The van der Waals surface area contributed by atoms with Crippen molar-refractivity contribution in [3.63, 3.8) is 0 Å². The number of carboxylic acid groups (broad SMARTS) is 1. The number of carboxylic acids is 1. The van der Waals surface area contributed by atoms with E-state index in [1.807, 2.05) is 11.8 Å². The summed E-state index contributed by atoms with van der Waals surface area (Å²) in [6.45, 7) is 16.7. The molecule has 0 radical (unpaired) electrons. The Morgan fingerprint density at radius 1 is 0.764 bits per heavy atom. The summed E-state index contributed by atoms with van der Waals surface area (Å²) in [7, 11) is 0. The molecule has 2 atom stereocenters. The number of amides is 3. The van der Waals surface area contributed by atoms with Gasteiger partial charge in [-0.1, -0.05) is 47.5 Å². The highest BCUT2D eigenvalue weighted by molar-refractivity contribution is 6.31. The number of ether oxygens (including phenoxy) is 2. The van der Waals surface area contributed by atoms with Gasteiger partial charge in [0.25, 0.3) is 0 Å². The van der Waals surface area contributed by atoms with E-state index >= 15 is 0 Å². The molecule has 1 fully saturated rings. The summed E-state index contributed by atoms with van der Waals surface area (Å²) in [4.78, 5) is 51.7. The number of nitrogens with zero attached hydrogens (tertiary/aromatic N) is 2. The Labute approximate surface area is 332 Å². The quantitative estimate of drug-likeness (QED) is 0.192. The lowest BCUT2D eigenvalue weighted by Crippen LogP contribution is -2.57. The highest BCUT2D eigenvalue weighted by Gasteiger charge is 2.31. The lowest BCUT2D eigenvalue weighted by Gasteiger charge is -2.44. The monoisotopic (exact) mass is 798 g/mol. The van der Waals surface area contributed by atoms with Crippen LogP contribution in [-0.4, -0.2) is 75.3 Å². The van der Waals surface area contributed by atoms with Crippen molar-refractivity contribution < 1.29 is 38.1 Å². The molecule has 0 unspecified atom stereocenters. The van der Waals surface area contributed by atoms with E-state index in [0.717, 1.165) is 11.6 Å². The van der Waals surface area contributed by atoms with Gasteiger partial charge in [-0.3, -0.25) is 20.3 Å². The van der Waals surface area contributed by atoms with Gasteiger partial charge in [0.1, 0.15) is 17.0 Å². The zero-order valence-corrected chi connectivity index (χ0v) is 33.8. The van der Waals surface area contributed by atoms with Gasteiger partial charge in [-0.05, 0) is 121 Å². The van der Waals surface area contributed by atoms with E-state index in [0.29, 0.717) is 52.2 Å². The summed E-state index contributed by atoms with van der Waals surface area (Å²) in [5.74, 6) is -1.44. The molecule has 296 valence electrons. The SMILES string of the molecule is CC(C)(C)OC(=O)Nc1cc(Cl)ccc1/C=C/C(=O)O.C[C@@H]1CN(C(=O)/C=C/c2ccc(Cl)cc2NC(=O)OC(C)(C)C)[C@@H](C)CN1Cc1ccc(F)cc1. The van der Waals surface area contributed by atoms with Crippen molar-refractivity contribution in [2.45, 2.75) is 85.2 Å². The maximum Gasteiger partial charge on any atom is 0.412 e. The largest absolute Gasteiger partial charge is 0.478 e. The van der Waals surface area contributed by atoms with E-state index in [2.05, 4.69) is 22.5 Å². The summed E-state index contributed by atoms with van der Waals surface area (Å²) in [6.07, 6.45) is 4.30. The lowest BCUT2D eigenvalue weighted by molar-refractivity contribution is -0.132. The van der Waals surface area contributed by atoms with Gasteiger partial charge in [-0.25, -0.2) is 18.8 Å². The van der Waals surface area contributed by atoms with Gasteiger partial charge in [0.15, 0.2) is 0 Å². The van der Waals surface area contributed by atoms with Crippen LogP contribution in [-0.2, 0) is 25.6 Å². The van der Waals surface area contributed by atoms with Crippen LogP contribution in [0.3, 0.4) is 0 Å². The minimum atomic E-state index is -1.08. The molecule has 3 amide bonds. The Morgan fingerprint density at radius 3 is 1.69 bits per heavy atom. The number of carbonyl (C=O) groups is 4. The first-order valence-electron chi connectivity index (χ1n) is 17.6. The highest BCUT2D eigenvalue weighted by Crippen LogP contribution is 2.26. The van der Waals surface area contributed by atoms with Crippen LogP contribution < -0.4 is 10.6 Å². The van der Waals surface area contributed by atoms with Crippen molar-refractivity contribution in [1.82, 2.24) is 9.80 Å². The third kappa shape index (κ3) is 15.8. The first-order chi connectivity index (χ1) is 25.6. The maximum absolute atomic E-state index is 13.2. The number of hydrogen-bond donors (Lipinski definition) is 3. The van der Waals surface area contributed by atoms with Crippen LogP contribution in [0, 0.1) is 5.82 Å². The molecule has 14 heteroatoms. The van der Waals surface area contributed by atoms with Crippen LogP contribution in [0.5, 0.6) is 0 Å². The van der Waals surface area contributed by atoms with Gasteiger partial charge in [-0.2, -0.15) is 0 Å². The Morgan fingerprint density at radius 2 is 1.24 bits per heavy atom. The van der Waals surface area contributed by atoms with Crippen LogP contribution in [0.2, 0.25) is 10.0 Å². The summed E-state index contributed by atoms with van der Waals surface area (Å²) >= 11 is 12.0. The fourth-order valence-corrected chi connectivity index (χ4v) is 5.70. The summed E-state index contributed by atoms with van der Waals surface area (Å²) in [6, 6.07) is 16.5. The molecule has 11 nitrogen and oxygen atoms in total. The van der Waals surface area contributed by atoms with Gasteiger partial charge < -0.3 is 19.5 Å². The fourth-order valence-electron chi connectivity index (χ4n) is 5.36. The first kappa shape index (κ1) is 44.5. The molecule has 3 N–H and O–H groups in total. The molecule has 0 aliphatic carbocycles. The number of carbonyl (C=O) groups excluding carboxylic acids is 3. The second-order valence-corrected chi connectivity index (χ2v) is 15.8. The van der Waals surface area contributed by atoms with Crippen LogP contribution >= 0.6 is 23.2 Å². The number of halogens is 3. The molecule has 1 saturated heterocycles. The average Bonchev–Trinajstić information content (AvgIpc) is 3.05. The molecule has 3 aromatic rings. The number of piperazine rings is 1. The van der Waals surface area contributed by atoms with E-state index in [1.165, 1.54) is 30.4 Å². The Kier molecular flexibility index (Phi) is 15.9. The van der Waals surface area contributed by atoms with Crippen molar-refractivity contribution >= 4 is 70.8 Å². The number of aliphatic carboxylic acids is 1. The van der Waals surface area contributed by atoms with Gasteiger partial charge >= 0.3 is 18.2 Å². The third-order valence-corrected chi connectivity index (χ3v) is 8.28. The van der Waals surface area contributed by atoms with E-state index in [-0.39, 0.29) is 23.8 Å². The van der Waals surface area contributed by atoms with Gasteiger partial charge in [-0.15, -0.1) is 0 Å². The Bertz CT molecular complexity index is 1890. The number of anilines is 2. The maximum atomic E-state index is 13.2. The van der Waals surface area contributed by atoms with Crippen molar-refractivity contribution in [3.05, 3.63) is 105 Å². The van der Waals surface area contributed by atoms with E-state index in [4.69, 9.17) is 37.8 Å². The van der Waals surface area contributed by atoms with Crippen LogP contribution in [0.25, 0.3) is 12.2 Å². The summed E-state index contributed by atoms with van der Waals surface area (Å²) in [5.41, 5.74) is 1.77. The molecule has 3 aromatic carbocycles. The first-order valence-corrected chi connectivity index (χ1v) is 18.3. The smallest absolute Gasteiger partial charge is 0.412 e. The minimum absolute atomic E-state index is 0.00775. The molecular formula is C41H49Cl2FN4O7. The molecular weight excluding hydrogens is 750 g/mol. The topological polar surface area (TPSA) is 138 Å². The standard InChI is InChI=1S/C27H33ClFN3O3.C14H16ClNO4/c1-18-16-32(19(2)15-31(18)17-20-6-11-23(29)12-7-20)25(33)13-9-21-8-10-22(28)14-24(21)30-26(34)35-27(3,4)5;1-14(2,3)20-13(19)16-11-8-10(15)6-4-9(11)5-7-12(17)18/h6-14,18-19H,15-17H2,1-5H3,(H,30,34);4-8H,1-3H3,(H,16,19)(H,17,18)/b13-9+;7-5+/t18-,19+;/m1./s1. The number of hydrogen-bond acceptors (Lipinski definition) is 7. The summed E-state index contributed by atoms with van der Waals surface area (Å²) < 4.78 is 23.7. The molecule has 1 heterocycles. The van der Waals surface area contributed by atoms with Gasteiger partial charge in [0, 0.05) is 53.9 Å². The normalized spacial score (nSPS) is 16.3. The molecule has 4 rings (SSSR count). The van der Waals surface area contributed by atoms with E-state index < -0.39 is 29.4 Å². The lowest BCUT2D eigenvalue weighted by atomic mass is 10.1. The number of nitrogens with one attached hydrogen (secondary N) is 2. The zero-order valence-electron chi connectivity index (χ0n) is 32.3. The van der Waals surface area contributed by atoms with Crippen LogP contribution in [0.1, 0.15) is 72.1 Å².